The van der Waals surface area contributed by atoms with Gasteiger partial charge in [-0.1, -0.05) is 0 Å². The Morgan fingerprint density at radius 1 is 1.43 bits per heavy atom. The summed E-state index contributed by atoms with van der Waals surface area (Å²) in [5.41, 5.74) is 0.965. The molecule has 1 aliphatic carbocycles. The first-order valence-corrected chi connectivity index (χ1v) is 4.98. The summed E-state index contributed by atoms with van der Waals surface area (Å²) in [7, 11) is 0. The summed E-state index contributed by atoms with van der Waals surface area (Å²) in [6.07, 6.45) is 6.96. The van der Waals surface area contributed by atoms with E-state index in [2.05, 4.69) is 15.3 Å². The highest BCUT2D eigenvalue weighted by Crippen LogP contribution is 2.25. The molecule has 0 radical (unpaired) electrons. The van der Waals surface area contributed by atoms with Crippen molar-refractivity contribution in [3.63, 3.8) is 0 Å². The van der Waals surface area contributed by atoms with Gasteiger partial charge in [0.25, 0.3) is 0 Å². The van der Waals surface area contributed by atoms with E-state index in [1.807, 2.05) is 0 Å². The highest BCUT2D eigenvalue weighted by Gasteiger charge is 2.26. The molecule has 0 aromatic carbocycles. The minimum atomic E-state index is -0.0571. The minimum absolute atomic E-state index is 0.0571. The largest absolute Gasteiger partial charge is 0.393 e. The van der Waals surface area contributed by atoms with E-state index in [1.54, 1.807) is 18.6 Å². The molecule has 0 spiro atoms. The molecule has 0 aliphatic heterocycles. The van der Waals surface area contributed by atoms with Crippen LogP contribution in [-0.2, 0) is 6.54 Å². The zero-order chi connectivity index (χ0) is 9.80. The Morgan fingerprint density at radius 3 is 2.93 bits per heavy atom. The molecule has 76 valence electrons. The summed E-state index contributed by atoms with van der Waals surface area (Å²) in [6, 6.07) is 0. The van der Waals surface area contributed by atoms with Gasteiger partial charge in [-0.3, -0.25) is 9.97 Å². The number of nitrogens with zero attached hydrogens (tertiary/aromatic N) is 2. The van der Waals surface area contributed by atoms with Crippen LogP contribution in [0.5, 0.6) is 0 Å². The van der Waals surface area contributed by atoms with Crippen molar-refractivity contribution in [3.8, 4) is 0 Å². The summed E-state index contributed by atoms with van der Waals surface area (Å²) < 4.78 is 0. The fourth-order valence-corrected chi connectivity index (χ4v) is 1.69. The number of nitrogens with one attached hydrogen (secondary N) is 1. The SMILES string of the molecule is OC1CC(CNCc2cnccn2)C1. The lowest BCUT2D eigenvalue weighted by atomic mass is 9.82. The number of aliphatic hydroxyl groups is 1. The Labute approximate surface area is 83.4 Å². The Balaban J connectivity index is 1.64. The van der Waals surface area contributed by atoms with Crippen LogP contribution in [0.15, 0.2) is 18.6 Å². The highest BCUT2D eigenvalue weighted by atomic mass is 16.3. The number of hydrogen-bond acceptors (Lipinski definition) is 4. The summed E-state index contributed by atoms with van der Waals surface area (Å²) in [6.45, 7) is 1.73. The number of aliphatic hydroxyl groups excluding tert-OH is 1. The van der Waals surface area contributed by atoms with Crippen LogP contribution < -0.4 is 5.32 Å². The first-order valence-electron chi connectivity index (χ1n) is 4.98. The second-order valence-corrected chi connectivity index (χ2v) is 3.82. The van der Waals surface area contributed by atoms with Gasteiger partial charge in [-0.05, 0) is 25.3 Å². The molecule has 0 saturated heterocycles. The monoisotopic (exact) mass is 193 g/mol. The van der Waals surface area contributed by atoms with E-state index in [0.29, 0.717) is 5.92 Å². The molecular formula is C10H15N3O. The number of rotatable bonds is 4. The predicted molar refractivity (Wildman–Crippen MR) is 52.5 cm³/mol. The van der Waals surface area contributed by atoms with Gasteiger partial charge in [0.1, 0.15) is 0 Å². The van der Waals surface area contributed by atoms with Crippen LogP contribution in [0.2, 0.25) is 0 Å². The van der Waals surface area contributed by atoms with Crippen molar-refractivity contribution in [2.45, 2.75) is 25.5 Å². The molecule has 4 heteroatoms. The van der Waals surface area contributed by atoms with E-state index in [-0.39, 0.29) is 6.10 Å². The minimum Gasteiger partial charge on any atom is -0.393 e. The molecule has 4 nitrogen and oxygen atoms in total. The first-order chi connectivity index (χ1) is 6.84. The molecule has 0 bridgehead atoms. The van der Waals surface area contributed by atoms with Gasteiger partial charge >= 0.3 is 0 Å². The van der Waals surface area contributed by atoms with E-state index in [4.69, 9.17) is 5.11 Å². The van der Waals surface area contributed by atoms with Crippen molar-refractivity contribution < 1.29 is 5.11 Å². The van der Waals surface area contributed by atoms with Crippen LogP contribution in [-0.4, -0.2) is 27.7 Å². The van der Waals surface area contributed by atoms with Crippen LogP contribution in [0.4, 0.5) is 0 Å². The fraction of sp³-hybridized carbons (Fsp3) is 0.600. The third kappa shape index (κ3) is 2.49. The molecule has 0 amide bonds. The molecule has 1 heterocycles. The molecule has 2 rings (SSSR count). The van der Waals surface area contributed by atoms with Gasteiger partial charge in [0, 0.05) is 25.1 Å². The maximum Gasteiger partial charge on any atom is 0.0724 e. The van der Waals surface area contributed by atoms with Crippen LogP contribution in [0.3, 0.4) is 0 Å². The topological polar surface area (TPSA) is 58.0 Å². The van der Waals surface area contributed by atoms with Gasteiger partial charge < -0.3 is 10.4 Å². The lowest BCUT2D eigenvalue weighted by Gasteiger charge is -2.31. The molecule has 0 unspecified atom stereocenters. The average Bonchev–Trinajstić information content (AvgIpc) is 2.17. The van der Waals surface area contributed by atoms with Crippen molar-refractivity contribution in [1.82, 2.24) is 15.3 Å². The zero-order valence-electron chi connectivity index (χ0n) is 8.06. The summed E-state index contributed by atoms with van der Waals surface area (Å²) in [5.74, 6) is 0.640. The fourth-order valence-electron chi connectivity index (χ4n) is 1.69. The molecule has 1 fully saturated rings. The van der Waals surface area contributed by atoms with Gasteiger partial charge in [0.2, 0.25) is 0 Å². The van der Waals surface area contributed by atoms with Crippen molar-refractivity contribution in [2.24, 2.45) is 5.92 Å². The van der Waals surface area contributed by atoms with Crippen molar-refractivity contribution in [2.75, 3.05) is 6.54 Å². The Hall–Kier alpha value is -1.00. The van der Waals surface area contributed by atoms with Crippen molar-refractivity contribution in [3.05, 3.63) is 24.3 Å². The maximum atomic E-state index is 9.08. The maximum absolute atomic E-state index is 9.08. The zero-order valence-corrected chi connectivity index (χ0v) is 8.06. The van der Waals surface area contributed by atoms with Gasteiger partial charge in [0.15, 0.2) is 0 Å². The van der Waals surface area contributed by atoms with Crippen LogP contribution >= 0.6 is 0 Å². The van der Waals surface area contributed by atoms with E-state index >= 15 is 0 Å². The smallest absolute Gasteiger partial charge is 0.0724 e. The van der Waals surface area contributed by atoms with Gasteiger partial charge in [-0.15, -0.1) is 0 Å². The number of hydrogen-bond donors (Lipinski definition) is 2. The third-order valence-corrected chi connectivity index (χ3v) is 2.57. The average molecular weight is 193 g/mol. The van der Waals surface area contributed by atoms with Crippen LogP contribution in [0.1, 0.15) is 18.5 Å². The van der Waals surface area contributed by atoms with E-state index in [0.717, 1.165) is 31.6 Å². The number of aromatic nitrogens is 2. The molecular weight excluding hydrogens is 178 g/mol. The highest BCUT2D eigenvalue weighted by molar-refractivity contribution is 4.94. The Kier molecular flexibility index (Phi) is 3.06. The second kappa shape index (κ2) is 4.48. The molecule has 1 saturated carbocycles. The summed E-state index contributed by atoms with van der Waals surface area (Å²) in [4.78, 5) is 8.15. The molecule has 1 aromatic heterocycles. The second-order valence-electron chi connectivity index (χ2n) is 3.82. The van der Waals surface area contributed by atoms with E-state index in [9.17, 15) is 0 Å². The van der Waals surface area contributed by atoms with Crippen molar-refractivity contribution in [1.29, 1.82) is 0 Å². The van der Waals surface area contributed by atoms with Gasteiger partial charge in [0.05, 0.1) is 11.8 Å². The van der Waals surface area contributed by atoms with E-state index < -0.39 is 0 Å². The van der Waals surface area contributed by atoms with Gasteiger partial charge in [-0.25, -0.2) is 0 Å². The van der Waals surface area contributed by atoms with E-state index in [1.165, 1.54) is 0 Å². The quantitative estimate of drug-likeness (QED) is 0.724. The van der Waals surface area contributed by atoms with Crippen LogP contribution in [0, 0.1) is 5.92 Å². The summed E-state index contributed by atoms with van der Waals surface area (Å²) >= 11 is 0. The lowest BCUT2D eigenvalue weighted by Crippen LogP contribution is -2.36. The Bertz CT molecular complexity index is 272. The van der Waals surface area contributed by atoms with Crippen molar-refractivity contribution >= 4 is 0 Å². The predicted octanol–water partition coefficient (Wildman–Crippen LogP) is 0.337. The first kappa shape index (κ1) is 9.55. The van der Waals surface area contributed by atoms with Gasteiger partial charge in [-0.2, -0.15) is 0 Å². The molecule has 14 heavy (non-hydrogen) atoms. The normalized spacial score (nSPS) is 25.8. The lowest BCUT2D eigenvalue weighted by molar-refractivity contribution is 0.0429. The summed E-state index contributed by atoms with van der Waals surface area (Å²) in [5, 5.41) is 12.4. The Morgan fingerprint density at radius 2 is 2.29 bits per heavy atom. The standard InChI is InChI=1S/C10H15N3O/c14-10-3-8(4-10)5-12-7-9-6-11-1-2-13-9/h1-2,6,8,10,12,14H,3-5,7H2. The molecule has 1 aromatic rings. The third-order valence-electron chi connectivity index (χ3n) is 2.57. The molecule has 1 aliphatic rings. The molecule has 0 atom stereocenters. The molecule has 2 N–H and O–H groups in total. The van der Waals surface area contributed by atoms with Crippen LogP contribution in [0.25, 0.3) is 0 Å².